The van der Waals surface area contributed by atoms with Crippen LogP contribution in [0.15, 0.2) is 0 Å². The summed E-state index contributed by atoms with van der Waals surface area (Å²) in [6.07, 6.45) is 8.28. The number of nitrogens with zero attached hydrogens (tertiary/aromatic N) is 1. The van der Waals surface area contributed by atoms with E-state index in [2.05, 4.69) is 0 Å². The molecule has 18 heavy (non-hydrogen) atoms. The average molecular weight is 254 g/mol. The Morgan fingerprint density at radius 2 is 1.94 bits per heavy atom. The number of amides is 1. The summed E-state index contributed by atoms with van der Waals surface area (Å²) in [7, 11) is 0. The van der Waals surface area contributed by atoms with Crippen molar-refractivity contribution in [1.82, 2.24) is 4.90 Å². The summed E-state index contributed by atoms with van der Waals surface area (Å²) in [4.78, 5) is 14.2. The highest BCUT2D eigenvalue weighted by molar-refractivity contribution is 5.81. The van der Waals surface area contributed by atoms with E-state index >= 15 is 0 Å². The van der Waals surface area contributed by atoms with Crippen molar-refractivity contribution in [1.29, 1.82) is 0 Å². The molecule has 0 aromatic rings. The van der Waals surface area contributed by atoms with Gasteiger partial charge >= 0.3 is 0 Å². The molecule has 0 bridgehead atoms. The highest BCUT2D eigenvalue weighted by Gasteiger charge is 2.25. The first-order valence-electron chi connectivity index (χ1n) is 7.39. The summed E-state index contributed by atoms with van der Waals surface area (Å²) in [6.45, 7) is 2.93. The van der Waals surface area contributed by atoms with Crippen LogP contribution in [0.1, 0.15) is 44.9 Å². The summed E-state index contributed by atoms with van der Waals surface area (Å²) in [5, 5.41) is 0. The number of rotatable bonds is 3. The second-order valence-electron chi connectivity index (χ2n) is 5.64. The molecule has 1 atom stereocenters. The predicted molar refractivity (Wildman–Crippen MR) is 71.2 cm³/mol. The molecule has 1 saturated heterocycles. The highest BCUT2D eigenvalue weighted by Crippen LogP contribution is 2.27. The van der Waals surface area contributed by atoms with Crippen molar-refractivity contribution in [3.8, 4) is 0 Å². The van der Waals surface area contributed by atoms with Gasteiger partial charge in [-0.25, -0.2) is 0 Å². The fraction of sp³-hybridized carbons (Fsp3) is 0.929. The lowest BCUT2D eigenvalue weighted by Gasteiger charge is -2.27. The lowest BCUT2D eigenvalue weighted by atomic mass is 9.85. The van der Waals surface area contributed by atoms with Gasteiger partial charge in [-0.05, 0) is 18.8 Å². The molecule has 1 aliphatic carbocycles. The summed E-state index contributed by atoms with van der Waals surface area (Å²) in [5.41, 5.74) is 6.10. The molecule has 2 N–H and O–H groups in total. The van der Waals surface area contributed by atoms with E-state index in [0.717, 1.165) is 26.0 Å². The van der Waals surface area contributed by atoms with Crippen molar-refractivity contribution in [3.63, 3.8) is 0 Å². The van der Waals surface area contributed by atoms with Crippen LogP contribution >= 0.6 is 0 Å². The van der Waals surface area contributed by atoms with Crippen LogP contribution in [-0.2, 0) is 9.53 Å². The van der Waals surface area contributed by atoms with E-state index < -0.39 is 0 Å². The van der Waals surface area contributed by atoms with Crippen molar-refractivity contribution in [2.24, 2.45) is 11.7 Å². The van der Waals surface area contributed by atoms with Gasteiger partial charge in [-0.3, -0.25) is 4.79 Å². The molecule has 4 heteroatoms. The summed E-state index contributed by atoms with van der Waals surface area (Å²) in [6, 6.07) is -0.300. The smallest absolute Gasteiger partial charge is 0.239 e. The van der Waals surface area contributed by atoms with E-state index in [4.69, 9.17) is 10.5 Å². The van der Waals surface area contributed by atoms with Gasteiger partial charge in [-0.2, -0.15) is 0 Å². The molecule has 1 heterocycles. The largest absolute Gasteiger partial charge is 0.380 e. The van der Waals surface area contributed by atoms with Crippen LogP contribution in [0.25, 0.3) is 0 Å². The van der Waals surface area contributed by atoms with Gasteiger partial charge in [-0.15, -0.1) is 0 Å². The molecule has 2 aliphatic rings. The summed E-state index contributed by atoms with van der Waals surface area (Å²) >= 11 is 0. The van der Waals surface area contributed by atoms with Crippen LogP contribution in [0.5, 0.6) is 0 Å². The molecule has 4 nitrogen and oxygen atoms in total. The van der Waals surface area contributed by atoms with Crippen LogP contribution in [0.3, 0.4) is 0 Å². The minimum absolute atomic E-state index is 0.131. The number of carbonyl (C=O) groups excluding carboxylic acids is 1. The van der Waals surface area contributed by atoms with Crippen LogP contribution in [0.2, 0.25) is 0 Å². The van der Waals surface area contributed by atoms with Gasteiger partial charge in [0.05, 0.1) is 12.6 Å². The maximum absolute atomic E-state index is 12.3. The normalized spacial score (nSPS) is 24.6. The number of nitrogens with two attached hydrogens (primary N) is 1. The number of ether oxygens (including phenoxy) is 1. The lowest BCUT2D eigenvalue weighted by Crippen LogP contribution is -2.45. The predicted octanol–water partition coefficient (Wildman–Crippen LogP) is 1.53. The van der Waals surface area contributed by atoms with Crippen molar-refractivity contribution in [2.45, 2.75) is 51.0 Å². The van der Waals surface area contributed by atoms with Crippen LogP contribution in [0.4, 0.5) is 0 Å². The molecule has 2 rings (SSSR count). The minimum atomic E-state index is -0.300. The van der Waals surface area contributed by atoms with Crippen molar-refractivity contribution in [2.75, 3.05) is 26.3 Å². The molecule has 1 unspecified atom stereocenters. The Morgan fingerprint density at radius 1 is 1.17 bits per heavy atom. The van der Waals surface area contributed by atoms with Crippen molar-refractivity contribution >= 4 is 5.91 Å². The molecule has 1 amide bonds. The molecule has 0 spiro atoms. The first-order chi connectivity index (χ1) is 8.77. The molecule has 0 aromatic heterocycles. The van der Waals surface area contributed by atoms with Crippen LogP contribution in [-0.4, -0.2) is 43.2 Å². The Labute approximate surface area is 110 Å². The Bertz CT molecular complexity index is 257. The van der Waals surface area contributed by atoms with Gasteiger partial charge in [0.15, 0.2) is 0 Å². The standard InChI is InChI=1S/C14H26N2O2/c15-13(11-12-5-2-1-3-6-12)14(17)16-7-4-9-18-10-8-16/h12-13H,1-11,15H2. The molecular formula is C14H26N2O2. The number of carbonyl (C=O) groups is 1. The van der Waals surface area contributed by atoms with Gasteiger partial charge < -0.3 is 15.4 Å². The van der Waals surface area contributed by atoms with Crippen molar-refractivity contribution < 1.29 is 9.53 Å². The summed E-state index contributed by atoms with van der Waals surface area (Å²) < 4.78 is 5.37. The molecule has 104 valence electrons. The monoisotopic (exact) mass is 254 g/mol. The fourth-order valence-electron chi connectivity index (χ4n) is 3.08. The number of hydrogen-bond donors (Lipinski definition) is 1. The molecule has 1 saturated carbocycles. The zero-order valence-corrected chi connectivity index (χ0v) is 11.3. The summed E-state index contributed by atoms with van der Waals surface area (Å²) in [5.74, 6) is 0.798. The number of hydrogen-bond acceptors (Lipinski definition) is 3. The van der Waals surface area contributed by atoms with Crippen LogP contribution in [0, 0.1) is 5.92 Å². The van der Waals surface area contributed by atoms with E-state index in [0.29, 0.717) is 19.1 Å². The molecule has 0 radical (unpaired) electrons. The van der Waals surface area contributed by atoms with Gasteiger partial charge in [-0.1, -0.05) is 32.1 Å². The maximum Gasteiger partial charge on any atom is 0.239 e. The zero-order valence-electron chi connectivity index (χ0n) is 11.3. The molecule has 0 aromatic carbocycles. The first-order valence-corrected chi connectivity index (χ1v) is 7.39. The third-order valence-corrected chi connectivity index (χ3v) is 4.16. The van der Waals surface area contributed by atoms with Gasteiger partial charge in [0.2, 0.25) is 5.91 Å². The minimum Gasteiger partial charge on any atom is -0.380 e. The maximum atomic E-state index is 12.3. The second-order valence-corrected chi connectivity index (χ2v) is 5.64. The second kappa shape index (κ2) is 7.10. The SMILES string of the molecule is NC(CC1CCCCC1)C(=O)N1CCCOCC1. The van der Waals surface area contributed by atoms with E-state index in [9.17, 15) is 4.79 Å². The van der Waals surface area contributed by atoms with Crippen molar-refractivity contribution in [3.05, 3.63) is 0 Å². The molecule has 1 aliphatic heterocycles. The van der Waals surface area contributed by atoms with E-state index in [1.165, 1.54) is 32.1 Å². The Hall–Kier alpha value is -0.610. The first kappa shape index (κ1) is 13.8. The van der Waals surface area contributed by atoms with Gasteiger partial charge in [0.1, 0.15) is 0 Å². The van der Waals surface area contributed by atoms with E-state index in [1.807, 2.05) is 4.90 Å². The Kier molecular flexibility index (Phi) is 5.45. The van der Waals surface area contributed by atoms with Crippen LogP contribution < -0.4 is 5.73 Å². The molecule has 2 fully saturated rings. The van der Waals surface area contributed by atoms with Gasteiger partial charge in [0, 0.05) is 19.7 Å². The highest BCUT2D eigenvalue weighted by atomic mass is 16.5. The van der Waals surface area contributed by atoms with E-state index in [1.54, 1.807) is 0 Å². The molecular weight excluding hydrogens is 228 g/mol. The zero-order chi connectivity index (χ0) is 12.8. The quantitative estimate of drug-likeness (QED) is 0.831. The average Bonchev–Trinajstić information content (AvgIpc) is 2.68. The third-order valence-electron chi connectivity index (χ3n) is 4.16. The lowest BCUT2D eigenvalue weighted by molar-refractivity contribution is -0.133. The van der Waals surface area contributed by atoms with Gasteiger partial charge in [0.25, 0.3) is 0 Å². The Balaban J connectivity index is 1.79. The fourth-order valence-corrected chi connectivity index (χ4v) is 3.08. The third kappa shape index (κ3) is 3.95. The topological polar surface area (TPSA) is 55.6 Å². The van der Waals surface area contributed by atoms with E-state index in [-0.39, 0.29) is 11.9 Å². The Morgan fingerprint density at radius 3 is 2.72 bits per heavy atom.